The lowest BCUT2D eigenvalue weighted by molar-refractivity contribution is 0.0988. The molecule has 1 aliphatic rings. The first-order chi connectivity index (χ1) is 11.4. The van der Waals surface area contributed by atoms with Gasteiger partial charge in [0.05, 0.1) is 10.6 Å². The number of ketones is 1. The lowest BCUT2D eigenvalue weighted by atomic mass is 10.0. The third-order valence-corrected chi connectivity index (χ3v) is 6.19. The van der Waals surface area contributed by atoms with Crippen LogP contribution in [0.2, 0.25) is 0 Å². The summed E-state index contributed by atoms with van der Waals surface area (Å²) >= 11 is 0. The van der Waals surface area contributed by atoms with Crippen LogP contribution < -0.4 is 4.31 Å². The van der Waals surface area contributed by atoms with E-state index in [0.29, 0.717) is 18.5 Å². The van der Waals surface area contributed by atoms with E-state index in [1.807, 2.05) is 25.1 Å². The number of hydrogen-bond donors (Lipinski definition) is 0. The summed E-state index contributed by atoms with van der Waals surface area (Å²) in [5.74, 6) is -0.0540. The van der Waals surface area contributed by atoms with Crippen LogP contribution in [0.5, 0.6) is 0 Å². The van der Waals surface area contributed by atoms with Gasteiger partial charge in [0, 0.05) is 18.5 Å². The zero-order chi connectivity index (χ0) is 17.3. The molecule has 0 amide bonds. The number of carbonyl (C=O) groups excluding carboxylic acids is 1. The third kappa shape index (κ3) is 2.96. The van der Waals surface area contributed by atoms with Gasteiger partial charge in [-0.25, -0.2) is 8.42 Å². The summed E-state index contributed by atoms with van der Waals surface area (Å²) in [6.07, 6.45) is 2.04. The lowest BCUT2D eigenvalue weighted by Crippen LogP contribution is -2.35. The molecule has 0 unspecified atom stereocenters. The highest BCUT2D eigenvalue weighted by Crippen LogP contribution is 2.32. The predicted molar refractivity (Wildman–Crippen MR) is 95.1 cm³/mol. The van der Waals surface area contributed by atoms with Gasteiger partial charge in [0.1, 0.15) is 0 Å². The van der Waals surface area contributed by atoms with Crippen molar-refractivity contribution in [2.75, 3.05) is 10.8 Å². The Morgan fingerprint density at radius 3 is 2.71 bits per heavy atom. The number of Topliss-reactive ketones (excluding diaryl/α,β-unsaturated/α-hetero) is 1. The topological polar surface area (TPSA) is 54.5 Å². The Morgan fingerprint density at radius 2 is 1.96 bits per heavy atom. The van der Waals surface area contributed by atoms with E-state index in [0.717, 1.165) is 29.7 Å². The largest absolute Gasteiger partial charge is 0.294 e. The van der Waals surface area contributed by atoms with Crippen LogP contribution >= 0.6 is 0 Å². The summed E-state index contributed by atoms with van der Waals surface area (Å²) in [7, 11) is -3.67. The Labute approximate surface area is 143 Å². The van der Waals surface area contributed by atoms with Gasteiger partial charge in [-0.2, -0.15) is 0 Å². The van der Waals surface area contributed by atoms with Crippen molar-refractivity contribution >= 4 is 21.5 Å². The fourth-order valence-corrected chi connectivity index (χ4v) is 4.69. The molecule has 0 saturated carbocycles. The van der Waals surface area contributed by atoms with Crippen LogP contribution in [0.25, 0.3) is 0 Å². The molecule has 0 spiro atoms. The van der Waals surface area contributed by atoms with E-state index in [1.54, 1.807) is 25.1 Å². The Morgan fingerprint density at radius 1 is 1.17 bits per heavy atom. The minimum atomic E-state index is -3.67. The molecule has 5 heteroatoms. The maximum Gasteiger partial charge on any atom is 0.264 e. The normalized spacial score (nSPS) is 14.3. The molecule has 2 aromatic rings. The second-order valence-corrected chi connectivity index (χ2v) is 7.98. The van der Waals surface area contributed by atoms with E-state index in [9.17, 15) is 13.2 Å². The SMILES string of the molecule is CCC(=O)c1cccc(S(=O)(=O)N2CCCc3cc(C)ccc32)c1. The van der Waals surface area contributed by atoms with Crippen LogP contribution in [0.4, 0.5) is 5.69 Å². The van der Waals surface area contributed by atoms with Crippen molar-refractivity contribution in [3.8, 4) is 0 Å². The van der Waals surface area contributed by atoms with Crippen LogP contribution in [-0.2, 0) is 16.4 Å². The molecule has 0 bridgehead atoms. The first-order valence-corrected chi connectivity index (χ1v) is 9.63. The number of aryl methyl sites for hydroxylation is 2. The molecule has 0 atom stereocenters. The third-order valence-electron chi connectivity index (χ3n) is 4.38. The van der Waals surface area contributed by atoms with E-state index in [-0.39, 0.29) is 10.7 Å². The van der Waals surface area contributed by atoms with Crippen LogP contribution in [0.15, 0.2) is 47.4 Å². The number of nitrogens with zero attached hydrogens (tertiary/aromatic N) is 1. The Kier molecular flexibility index (Phi) is 4.45. The van der Waals surface area contributed by atoms with Gasteiger partial charge >= 0.3 is 0 Å². The predicted octanol–water partition coefficient (Wildman–Crippen LogP) is 3.73. The average molecular weight is 343 g/mol. The highest BCUT2D eigenvalue weighted by molar-refractivity contribution is 7.92. The molecule has 0 fully saturated rings. The molecule has 0 N–H and O–H groups in total. The van der Waals surface area contributed by atoms with E-state index in [4.69, 9.17) is 0 Å². The number of fused-ring (bicyclic) bond motifs is 1. The first-order valence-electron chi connectivity index (χ1n) is 8.19. The Bertz CT molecular complexity index is 887. The van der Waals surface area contributed by atoms with Crippen LogP contribution in [0.3, 0.4) is 0 Å². The van der Waals surface area contributed by atoms with Crippen molar-refractivity contribution in [1.82, 2.24) is 0 Å². The van der Waals surface area contributed by atoms with Crippen LogP contribution in [0.1, 0.15) is 41.3 Å². The summed E-state index contributed by atoms with van der Waals surface area (Å²) in [6.45, 7) is 4.24. The molecule has 24 heavy (non-hydrogen) atoms. The Balaban J connectivity index is 2.05. The van der Waals surface area contributed by atoms with Crippen molar-refractivity contribution < 1.29 is 13.2 Å². The zero-order valence-corrected chi connectivity index (χ0v) is 14.8. The highest BCUT2D eigenvalue weighted by Gasteiger charge is 2.29. The number of anilines is 1. The minimum Gasteiger partial charge on any atom is -0.294 e. The number of rotatable bonds is 4. The van der Waals surface area contributed by atoms with Gasteiger partial charge in [-0.1, -0.05) is 36.8 Å². The molecule has 3 rings (SSSR count). The average Bonchev–Trinajstić information content (AvgIpc) is 2.60. The van der Waals surface area contributed by atoms with Gasteiger partial charge in [0.15, 0.2) is 5.78 Å². The maximum absolute atomic E-state index is 13.1. The van der Waals surface area contributed by atoms with E-state index >= 15 is 0 Å². The van der Waals surface area contributed by atoms with Crippen molar-refractivity contribution in [2.24, 2.45) is 0 Å². The Hall–Kier alpha value is -2.14. The molecule has 0 radical (unpaired) electrons. The van der Waals surface area contributed by atoms with E-state index in [2.05, 4.69) is 0 Å². The molecule has 1 heterocycles. The zero-order valence-electron chi connectivity index (χ0n) is 14.0. The highest BCUT2D eigenvalue weighted by atomic mass is 32.2. The monoisotopic (exact) mass is 343 g/mol. The summed E-state index contributed by atoms with van der Waals surface area (Å²) in [6, 6.07) is 12.2. The van der Waals surface area contributed by atoms with Gasteiger partial charge in [0.2, 0.25) is 0 Å². The summed E-state index contributed by atoms with van der Waals surface area (Å²) in [5, 5.41) is 0. The molecule has 126 valence electrons. The van der Waals surface area contributed by atoms with E-state index < -0.39 is 10.0 Å². The van der Waals surface area contributed by atoms with Gasteiger partial charge in [-0.15, -0.1) is 0 Å². The second-order valence-electron chi connectivity index (χ2n) is 6.12. The fourth-order valence-electron chi connectivity index (χ4n) is 3.10. The van der Waals surface area contributed by atoms with Crippen LogP contribution in [0, 0.1) is 6.92 Å². The molecule has 1 aliphatic heterocycles. The van der Waals surface area contributed by atoms with Crippen molar-refractivity contribution in [3.63, 3.8) is 0 Å². The van der Waals surface area contributed by atoms with Crippen molar-refractivity contribution in [2.45, 2.75) is 38.0 Å². The number of benzene rings is 2. The quantitative estimate of drug-likeness (QED) is 0.795. The fraction of sp³-hybridized carbons (Fsp3) is 0.316. The van der Waals surface area contributed by atoms with Gasteiger partial charge in [-0.05, 0) is 43.5 Å². The number of sulfonamides is 1. The maximum atomic E-state index is 13.1. The molecule has 0 saturated heterocycles. The summed E-state index contributed by atoms with van der Waals surface area (Å²) < 4.78 is 27.7. The van der Waals surface area contributed by atoms with Crippen molar-refractivity contribution in [3.05, 3.63) is 59.2 Å². The van der Waals surface area contributed by atoms with Crippen LogP contribution in [-0.4, -0.2) is 20.7 Å². The standard InChI is InChI=1S/C19H21NO3S/c1-3-19(21)16-6-4-8-17(13-16)24(22,23)20-11-5-7-15-12-14(2)9-10-18(15)20/h4,6,8-10,12-13H,3,5,7,11H2,1-2H3. The molecule has 4 nitrogen and oxygen atoms in total. The molecule has 2 aromatic carbocycles. The van der Waals surface area contributed by atoms with E-state index in [1.165, 1.54) is 10.4 Å². The lowest BCUT2D eigenvalue weighted by Gasteiger charge is -2.30. The second kappa shape index (κ2) is 6.40. The molecular formula is C19H21NO3S. The first kappa shape index (κ1) is 16.7. The van der Waals surface area contributed by atoms with Crippen molar-refractivity contribution in [1.29, 1.82) is 0 Å². The van der Waals surface area contributed by atoms with Gasteiger partial charge in [0.25, 0.3) is 10.0 Å². The summed E-state index contributed by atoms with van der Waals surface area (Å²) in [5.41, 5.74) is 3.38. The molecular weight excluding hydrogens is 322 g/mol. The number of hydrogen-bond acceptors (Lipinski definition) is 3. The number of carbonyl (C=O) groups is 1. The molecule has 0 aromatic heterocycles. The van der Waals surface area contributed by atoms with Gasteiger partial charge in [-0.3, -0.25) is 9.10 Å². The van der Waals surface area contributed by atoms with Gasteiger partial charge < -0.3 is 0 Å². The smallest absolute Gasteiger partial charge is 0.264 e. The molecule has 0 aliphatic carbocycles. The minimum absolute atomic E-state index is 0.0540. The summed E-state index contributed by atoms with van der Waals surface area (Å²) in [4.78, 5) is 12.1.